The van der Waals surface area contributed by atoms with Crippen LogP contribution in [0, 0.1) is 0 Å². The lowest BCUT2D eigenvalue weighted by Crippen LogP contribution is -2.52. The molecule has 0 saturated carbocycles. The van der Waals surface area contributed by atoms with Crippen LogP contribution in [0.2, 0.25) is 0 Å². The first-order chi connectivity index (χ1) is 22.1. The number of nitrogens with zero attached hydrogens (tertiary/aromatic N) is 3. The van der Waals surface area contributed by atoms with Gasteiger partial charge in [-0.05, 0) is 23.1 Å². The maximum absolute atomic E-state index is 12.7. The van der Waals surface area contributed by atoms with E-state index in [1.807, 2.05) is 54.6 Å². The zero-order valence-corrected chi connectivity index (χ0v) is 26.2. The molecule has 2 unspecified atom stereocenters. The van der Waals surface area contributed by atoms with E-state index in [1.165, 1.54) is 4.90 Å². The van der Waals surface area contributed by atoms with E-state index in [2.05, 4.69) is 0 Å². The number of phosphoric ester groups is 1. The highest BCUT2D eigenvalue weighted by molar-refractivity contribution is 7.47. The van der Waals surface area contributed by atoms with Gasteiger partial charge in [0.25, 0.3) is 0 Å². The van der Waals surface area contributed by atoms with E-state index in [-0.39, 0.29) is 26.1 Å². The van der Waals surface area contributed by atoms with Gasteiger partial charge in [0.05, 0.1) is 45.9 Å². The van der Waals surface area contributed by atoms with Gasteiger partial charge in [0, 0.05) is 25.7 Å². The Labute approximate surface area is 269 Å². The van der Waals surface area contributed by atoms with Gasteiger partial charge in [-0.15, -0.1) is 0 Å². The average Bonchev–Trinajstić information content (AvgIpc) is 2.97. The molecule has 47 heavy (non-hydrogen) atoms. The summed E-state index contributed by atoms with van der Waals surface area (Å²) < 4.78 is 22.9. The maximum atomic E-state index is 12.7. The Balaban J connectivity index is 2.13. The van der Waals surface area contributed by atoms with Gasteiger partial charge >= 0.3 is 37.7 Å². The third kappa shape index (κ3) is 16.3. The molecule has 2 aromatic carbocycles. The van der Waals surface area contributed by atoms with Crippen molar-refractivity contribution in [3.63, 3.8) is 0 Å². The Morgan fingerprint density at radius 1 is 0.638 bits per heavy atom. The van der Waals surface area contributed by atoms with E-state index in [0.717, 1.165) is 26.5 Å². The Morgan fingerprint density at radius 2 is 1.11 bits per heavy atom. The molecule has 0 aliphatic rings. The number of carbonyl (C=O) groups is 5. The van der Waals surface area contributed by atoms with Crippen molar-refractivity contribution in [3.8, 4) is 11.1 Å². The van der Waals surface area contributed by atoms with Crippen LogP contribution in [0.1, 0.15) is 5.56 Å². The summed E-state index contributed by atoms with van der Waals surface area (Å²) in [5, 5.41) is 46.3. The molecule has 0 saturated heterocycles. The van der Waals surface area contributed by atoms with E-state index in [4.69, 9.17) is 19.3 Å². The summed E-state index contributed by atoms with van der Waals surface area (Å²) in [7, 11) is -4.78. The van der Waals surface area contributed by atoms with Gasteiger partial charge in [0.1, 0.15) is 0 Å². The molecule has 0 fully saturated rings. The molecule has 0 bridgehead atoms. The number of carboxylic acid groups (broad SMARTS) is 5. The molecule has 2 aromatic rings. The number of hydrogen-bond acceptors (Lipinski definition) is 11. The summed E-state index contributed by atoms with van der Waals surface area (Å²) >= 11 is 0. The number of hydrogen-bond donors (Lipinski definition) is 6. The Bertz CT molecular complexity index is 1360. The minimum Gasteiger partial charge on any atom is -0.480 e. The predicted molar refractivity (Wildman–Crippen MR) is 164 cm³/mol. The summed E-state index contributed by atoms with van der Waals surface area (Å²) in [6.45, 7) is -5.68. The summed E-state index contributed by atoms with van der Waals surface area (Å²) in [5.41, 5.74) is 2.77. The van der Waals surface area contributed by atoms with Crippen molar-refractivity contribution in [2.24, 2.45) is 0 Å². The van der Waals surface area contributed by atoms with Gasteiger partial charge in [-0.25, -0.2) is 4.57 Å². The van der Waals surface area contributed by atoms with Crippen molar-refractivity contribution in [1.29, 1.82) is 0 Å². The van der Waals surface area contributed by atoms with Crippen LogP contribution in [-0.4, -0.2) is 147 Å². The Morgan fingerprint density at radius 3 is 1.62 bits per heavy atom. The summed E-state index contributed by atoms with van der Waals surface area (Å²) in [6, 6.07) is 15.7. The molecule has 0 spiro atoms. The van der Waals surface area contributed by atoms with E-state index in [1.54, 1.807) is 0 Å². The van der Waals surface area contributed by atoms with Crippen LogP contribution >= 0.6 is 7.82 Å². The zero-order valence-electron chi connectivity index (χ0n) is 25.3. The van der Waals surface area contributed by atoms with E-state index < -0.39 is 89.6 Å². The van der Waals surface area contributed by atoms with Gasteiger partial charge < -0.3 is 30.4 Å². The van der Waals surface area contributed by atoms with Gasteiger partial charge in [-0.3, -0.25) is 47.7 Å². The normalized spacial score (nSPS) is 13.4. The molecule has 2 atom stereocenters. The monoisotopic (exact) mass is 683 g/mol. The minimum atomic E-state index is -4.78. The van der Waals surface area contributed by atoms with Crippen LogP contribution in [0.5, 0.6) is 0 Å². The molecular formula is C29H38N3O14P. The second-order valence-electron chi connectivity index (χ2n) is 10.4. The van der Waals surface area contributed by atoms with Crippen molar-refractivity contribution < 1.29 is 68.0 Å². The molecule has 6 N–H and O–H groups in total. The highest BCUT2D eigenvalue weighted by atomic mass is 31.2. The quantitative estimate of drug-likeness (QED) is 0.0834. The van der Waals surface area contributed by atoms with Gasteiger partial charge in [-0.1, -0.05) is 54.6 Å². The topological polar surface area (TPSA) is 252 Å². The molecular weight excluding hydrogens is 645 g/mol. The fourth-order valence-corrected chi connectivity index (χ4v) is 5.29. The fraction of sp³-hybridized carbons (Fsp3) is 0.414. The highest BCUT2D eigenvalue weighted by Crippen LogP contribution is 2.43. The molecule has 0 heterocycles. The smallest absolute Gasteiger partial charge is 0.472 e. The van der Waals surface area contributed by atoms with E-state index >= 15 is 0 Å². The zero-order chi connectivity index (χ0) is 35.0. The van der Waals surface area contributed by atoms with Crippen LogP contribution in [0.3, 0.4) is 0 Å². The van der Waals surface area contributed by atoms with Crippen LogP contribution in [0.4, 0.5) is 0 Å². The highest BCUT2D eigenvalue weighted by Gasteiger charge is 2.31. The maximum Gasteiger partial charge on any atom is 0.472 e. The van der Waals surface area contributed by atoms with Crippen molar-refractivity contribution in [2.45, 2.75) is 12.5 Å². The number of phosphoric acid groups is 1. The van der Waals surface area contributed by atoms with Crippen LogP contribution in [-0.2, 0) is 44.0 Å². The lowest BCUT2D eigenvalue weighted by atomic mass is 10.0. The number of rotatable bonds is 24. The predicted octanol–water partition coefficient (Wildman–Crippen LogP) is 0.727. The molecule has 0 aliphatic heterocycles. The second-order valence-corrected chi connectivity index (χ2v) is 11.8. The van der Waals surface area contributed by atoms with E-state index in [9.17, 15) is 48.8 Å². The molecule has 0 aromatic heterocycles. The van der Waals surface area contributed by atoms with Crippen LogP contribution in [0.25, 0.3) is 11.1 Å². The molecule has 17 nitrogen and oxygen atoms in total. The number of benzene rings is 2. The standard InChI is InChI=1S/C29H38N3O14P/c33-25(34)15-30(11-12-31(16-26(35)36)17-27(37)38)14-24(32(18-28(39)40)19-29(41)42)20-46-47(43,44)45-13-10-21-6-8-23(9-7-21)22-4-2-1-3-5-22/h1-9,24H,10-20H2,(H,33,34)(H,35,36)(H,37,38)(H,39,40)(H,41,42)(H,43,44). The summed E-state index contributed by atoms with van der Waals surface area (Å²) in [5.74, 6) is -6.92. The molecule has 258 valence electrons. The molecule has 0 aliphatic carbocycles. The van der Waals surface area contributed by atoms with Crippen LogP contribution < -0.4 is 0 Å². The third-order valence-electron chi connectivity index (χ3n) is 6.61. The first-order valence-electron chi connectivity index (χ1n) is 14.2. The summed E-state index contributed by atoms with van der Waals surface area (Å²) in [4.78, 5) is 70.3. The second kappa shape index (κ2) is 19.4. The summed E-state index contributed by atoms with van der Waals surface area (Å²) in [6.07, 6.45) is 0.228. The van der Waals surface area contributed by atoms with E-state index in [0.29, 0.717) is 0 Å². The first-order valence-corrected chi connectivity index (χ1v) is 15.7. The average molecular weight is 684 g/mol. The van der Waals surface area contributed by atoms with Crippen molar-refractivity contribution in [1.82, 2.24) is 14.7 Å². The van der Waals surface area contributed by atoms with Crippen molar-refractivity contribution in [3.05, 3.63) is 60.2 Å². The molecule has 0 amide bonds. The molecule has 18 heteroatoms. The Hall–Kier alpha value is -4.22. The first kappa shape index (κ1) is 39.0. The lowest BCUT2D eigenvalue weighted by molar-refractivity contribution is -0.145. The third-order valence-corrected chi connectivity index (χ3v) is 7.59. The number of aliphatic carboxylic acids is 5. The van der Waals surface area contributed by atoms with Crippen molar-refractivity contribution in [2.75, 3.05) is 65.6 Å². The van der Waals surface area contributed by atoms with Gasteiger partial charge in [0.2, 0.25) is 0 Å². The molecule has 2 rings (SSSR count). The van der Waals surface area contributed by atoms with Gasteiger partial charge in [0.15, 0.2) is 0 Å². The van der Waals surface area contributed by atoms with Gasteiger partial charge in [-0.2, -0.15) is 0 Å². The van der Waals surface area contributed by atoms with Crippen molar-refractivity contribution >= 4 is 37.7 Å². The minimum absolute atomic E-state index is 0.228. The fourth-order valence-electron chi connectivity index (χ4n) is 4.53. The SMILES string of the molecule is O=C(O)CN(CCN(CC(=O)O)CC(COP(=O)(O)OCCc1ccc(-c2ccccc2)cc1)N(CC(=O)O)CC(=O)O)CC(=O)O. The van der Waals surface area contributed by atoms with Crippen LogP contribution in [0.15, 0.2) is 54.6 Å². The molecule has 0 radical (unpaired) electrons. The number of carboxylic acids is 5. The Kier molecular flexibility index (Phi) is 16.1. The largest absolute Gasteiger partial charge is 0.480 e. The lowest BCUT2D eigenvalue weighted by Gasteiger charge is -2.34.